The summed E-state index contributed by atoms with van der Waals surface area (Å²) in [6, 6.07) is 0. The third-order valence-corrected chi connectivity index (χ3v) is 3.69. The maximum absolute atomic E-state index is 5.51. The van der Waals surface area contributed by atoms with Gasteiger partial charge in [0, 0.05) is 30.5 Å². The van der Waals surface area contributed by atoms with Crippen LogP contribution in [-0.2, 0) is 16.7 Å². The Morgan fingerprint density at radius 3 is 2.67 bits per heavy atom. The zero-order valence-corrected chi connectivity index (χ0v) is 13.1. The fraction of sp³-hybridized carbons (Fsp3) is 0.786. The number of ether oxygens (including phenoxy) is 1. The van der Waals surface area contributed by atoms with E-state index in [9.17, 15) is 0 Å². The van der Waals surface area contributed by atoms with E-state index in [1.807, 2.05) is 0 Å². The molecule has 0 fully saturated rings. The van der Waals surface area contributed by atoms with Crippen LogP contribution < -0.4 is 5.32 Å². The summed E-state index contributed by atoms with van der Waals surface area (Å²) in [6.45, 7) is 14.2. The molecule has 0 saturated carbocycles. The van der Waals surface area contributed by atoms with Gasteiger partial charge in [-0.3, -0.25) is 0 Å². The summed E-state index contributed by atoms with van der Waals surface area (Å²) in [5.74, 6) is 0.609. The van der Waals surface area contributed by atoms with Crippen LogP contribution in [0.2, 0.25) is 0 Å². The molecule has 0 aromatic carbocycles. The Morgan fingerprint density at radius 1 is 1.39 bits per heavy atom. The van der Waals surface area contributed by atoms with E-state index in [-0.39, 0.29) is 5.41 Å². The van der Waals surface area contributed by atoms with Crippen molar-refractivity contribution in [3.63, 3.8) is 0 Å². The topological polar surface area (TPSA) is 34.1 Å². The van der Waals surface area contributed by atoms with Crippen molar-refractivity contribution in [2.24, 2.45) is 5.92 Å². The fourth-order valence-corrected chi connectivity index (χ4v) is 2.32. The number of hydrogen-bond donors (Lipinski definition) is 1. The van der Waals surface area contributed by atoms with E-state index in [2.05, 4.69) is 50.3 Å². The summed E-state index contributed by atoms with van der Waals surface area (Å²) in [5, 5.41) is 6.70. The van der Waals surface area contributed by atoms with Crippen molar-refractivity contribution < 1.29 is 4.74 Å². The lowest BCUT2D eigenvalue weighted by Gasteiger charge is -2.13. The molecule has 104 valence electrons. The molecule has 3 nitrogen and oxygen atoms in total. The molecule has 1 aromatic rings. The van der Waals surface area contributed by atoms with E-state index >= 15 is 0 Å². The molecule has 0 aliphatic rings. The van der Waals surface area contributed by atoms with Crippen molar-refractivity contribution >= 4 is 11.3 Å². The number of nitrogens with one attached hydrogen (secondary N) is 1. The van der Waals surface area contributed by atoms with Crippen LogP contribution in [0.1, 0.15) is 45.3 Å². The minimum absolute atomic E-state index is 0.156. The van der Waals surface area contributed by atoms with Gasteiger partial charge in [-0.05, 0) is 5.92 Å². The molecule has 0 saturated heterocycles. The summed E-state index contributed by atoms with van der Waals surface area (Å²) in [6.07, 6.45) is 0. The predicted octanol–water partition coefficient (Wildman–Crippen LogP) is 3.20. The molecule has 1 N–H and O–H groups in total. The first-order chi connectivity index (χ1) is 8.39. The van der Waals surface area contributed by atoms with Crippen LogP contribution in [0, 0.1) is 5.92 Å². The molecule has 0 aliphatic heterocycles. The lowest BCUT2D eigenvalue weighted by molar-refractivity contribution is 0.111. The van der Waals surface area contributed by atoms with Gasteiger partial charge in [0.05, 0.1) is 17.3 Å². The minimum atomic E-state index is 0.156. The maximum Gasteiger partial charge on any atom is 0.0982 e. The van der Waals surface area contributed by atoms with Crippen LogP contribution in [-0.4, -0.2) is 24.7 Å². The van der Waals surface area contributed by atoms with Crippen molar-refractivity contribution in [3.8, 4) is 0 Å². The Morgan fingerprint density at radius 2 is 2.11 bits per heavy atom. The quantitative estimate of drug-likeness (QED) is 0.773. The van der Waals surface area contributed by atoms with Crippen molar-refractivity contribution in [1.29, 1.82) is 0 Å². The number of aromatic nitrogens is 1. The van der Waals surface area contributed by atoms with Crippen LogP contribution in [0.5, 0.6) is 0 Å². The average Bonchev–Trinajstić information content (AvgIpc) is 2.71. The summed E-state index contributed by atoms with van der Waals surface area (Å²) < 4.78 is 5.51. The second kappa shape index (κ2) is 7.22. The Hall–Kier alpha value is -0.450. The average molecular weight is 270 g/mol. The number of nitrogens with zero attached hydrogens (tertiary/aromatic N) is 1. The van der Waals surface area contributed by atoms with Gasteiger partial charge in [-0.15, -0.1) is 11.3 Å². The van der Waals surface area contributed by atoms with Gasteiger partial charge in [-0.25, -0.2) is 4.98 Å². The zero-order chi connectivity index (χ0) is 13.6. The molecular formula is C14H26N2OS. The summed E-state index contributed by atoms with van der Waals surface area (Å²) in [4.78, 5) is 4.64. The Kier molecular flexibility index (Phi) is 6.26. The Balaban J connectivity index is 2.18. The smallest absolute Gasteiger partial charge is 0.0982 e. The standard InChI is InChI=1S/C14H26N2OS/c1-11(2)9-17-7-6-15-8-12-10-18-13(16-12)14(3,4)5/h10-11,15H,6-9H2,1-5H3. The van der Waals surface area contributed by atoms with Gasteiger partial charge in [-0.1, -0.05) is 34.6 Å². The summed E-state index contributed by atoms with van der Waals surface area (Å²) in [5.41, 5.74) is 1.29. The highest BCUT2D eigenvalue weighted by molar-refractivity contribution is 7.09. The largest absolute Gasteiger partial charge is 0.380 e. The molecule has 1 heterocycles. The molecule has 1 aromatic heterocycles. The van der Waals surface area contributed by atoms with Crippen LogP contribution in [0.3, 0.4) is 0 Å². The highest BCUT2D eigenvalue weighted by Crippen LogP contribution is 2.25. The normalized spacial score (nSPS) is 12.3. The minimum Gasteiger partial charge on any atom is -0.380 e. The fourth-order valence-electron chi connectivity index (χ4n) is 1.41. The van der Waals surface area contributed by atoms with Crippen LogP contribution >= 0.6 is 11.3 Å². The summed E-state index contributed by atoms with van der Waals surface area (Å²) >= 11 is 1.75. The van der Waals surface area contributed by atoms with Gasteiger partial charge < -0.3 is 10.1 Å². The first kappa shape index (κ1) is 15.6. The molecule has 0 atom stereocenters. The molecule has 0 spiro atoms. The van der Waals surface area contributed by atoms with E-state index in [1.165, 1.54) is 5.01 Å². The maximum atomic E-state index is 5.51. The molecular weight excluding hydrogens is 244 g/mol. The van der Waals surface area contributed by atoms with E-state index in [1.54, 1.807) is 11.3 Å². The highest BCUT2D eigenvalue weighted by atomic mass is 32.1. The molecule has 0 unspecified atom stereocenters. The van der Waals surface area contributed by atoms with Crippen molar-refractivity contribution in [2.75, 3.05) is 19.8 Å². The first-order valence-electron chi connectivity index (χ1n) is 6.63. The molecule has 0 aliphatic carbocycles. The number of thiazole rings is 1. The Bertz CT molecular complexity index is 342. The first-order valence-corrected chi connectivity index (χ1v) is 7.51. The van der Waals surface area contributed by atoms with Gasteiger partial charge in [-0.2, -0.15) is 0 Å². The van der Waals surface area contributed by atoms with E-state index in [4.69, 9.17) is 4.74 Å². The van der Waals surface area contributed by atoms with E-state index in [0.29, 0.717) is 5.92 Å². The SMILES string of the molecule is CC(C)COCCNCc1csc(C(C)(C)C)n1. The summed E-state index contributed by atoms with van der Waals surface area (Å²) in [7, 11) is 0. The van der Waals surface area contributed by atoms with Crippen LogP contribution in [0.25, 0.3) is 0 Å². The van der Waals surface area contributed by atoms with Crippen molar-refractivity contribution in [1.82, 2.24) is 10.3 Å². The van der Waals surface area contributed by atoms with Crippen molar-refractivity contribution in [2.45, 2.75) is 46.6 Å². The van der Waals surface area contributed by atoms with Crippen molar-refractivity contribution in [3.05, 3.63) is 16.1 Å². The molecule has 18 heavy (non-hydrogen) atoms. The lowest BCUT2D eigenvalue weighted by atomic mass is 9.98. The van der Waals surface area contributed by atoms with E-state index in [0.717, 1.165) is 32.0 Å². The van der Waals surface area contributed by atoms with Crippen LogP contribution in [0.4, 0.5) is 0 Å². The van der Waals surface area contributed by atoms with Gasteiger partial charge in [0.15, 0.2) is 0 Å². The third-order valence-electron chi connectivity index (χ3n) is 2.37. The van der Waals surface area contributed by atoms with Gasteiger partial charge >= 0.3 is 0 Å². The second-order valence-electron chi connectivity index (χ2n) is 6.04. The third kappa shape index (κ3) is 5.94. The van der Waals surface area contributed by atoms with Gasteiger partial charge in [0.2, 0.25) is 0 Å². The molecule has 4 heteroatoms. The molecule has 0 amide bonds. The Labute approximate surface area is 115 Å². The predicted molar refractivity (Wildman–Crippen MR) is 78.2 cm³/mol. The lowest BCUT2D eigenvalue weighted by Crippen LogP contribution is -2.20. The monoisotopic (exact) mass is 270 g/mol. The zero-order valence-electron chi connectivity index (χ0n) is 12.2. The molecule has 1 rings (SSSR count). The molecule has 0 bridgehead atoms. The van der Waals surface area contributed by atoms with Gasteiger partial charge in [0.25, 0.3) is 0 Å². The number of hydrogen-bond acceptors (Lipinski definition) is 4. The van der Waals surface area contributed by atoms with Crippen LogP contribution in [0.15, 0.2) is 5.38 Å². The highest BCUT2D eigenvalue weighted by Gasteiger charge is 2.17. The molecule has 0 radical (unpaired) electrons. The second-order valence-corrected chi connectivity index (χ2v) is 6.90. The number of rotatable bonds is 7. The van der Waals surface area contributed by atoms with E-state index < -0.39 is 0 Å². The van der Waals surface area contributed by atoms with Gasteiger partial charge in [0.1, 0.15) is 0 Å².